The number of nitrogens with one attached hydrogen (secondary N) is 4. The van der Waals surface area contributed by atoms with E-state index in [1.54, 1.807) is 20.8 Å². The van der Waals surface area contributed by atoms with Crippen LogP contribution in [-0.4, -0.2) is 88.4 Å². The lowest BCUT2D eigenvalue weighted by Crippen LogP contribution is -2.58. The molecule has 11 heteroatoms. The third kappa shape index (κ3) is 20.0. The lowest BCUT2D eigenvalue weighted by molar-refractivity contribution is -0.128. The molecular formula is C33H58N4O7. The number of amides is 4. The molecule has 0 aromatic heterocycles. The molecule has 0 unspecified atom stereocenters. The summed E-state index contributed by atoms with van der Waals surface area (Å²) in [5, 5.41) is 11.5. The molecule has 4 amide bonds. The number of carbonyl (C=O) groups is 4. The molecule has 0 aromatic carbocycles. The van der Waals surface area contributed by atoms with Gasteiger partial charge in [-0.15, -0.1) is 0 Å². The maximum absolute atomic E-state index is 12.8. The van der Waals surface area contributed by atoms with Gasteiger partial charge in [0, 0.05) is 61.6 Å². The number of hydrogen-bond acceptors (Lipinski definition) is 7. The predicted octanol–water partition coefficient (Wildman–Crippen LogP) is 3.35. The molecule has 0 aliphatic heterocycles. The molecule has 0 atom stereocenters. The van der Waals surface area contributed by atoms with E-state index in [0.717, 1.165) is 25.7 Å². The fourth-order valence-corrected chi connectivity index (χ4v) is 3.54. The number of carbonyl (C=O) groups excluding carboxylic acids is 4. The van der Waals surface area contributed by atoms with Gasteiger partial charge in [0.15, 0.2) is 0 Å². The first-order valence-corrected chi connectivity index (χ1v) is 15.5. The second-order valence-electron chi connectivity index (χ2n) is 12.4. The Morgan fingerprint density at radius 3 is 1.20 bits per heavy atom. The van der Waals surface area contributed by atoms with Crippen molar-refractivity contribution in [2.75, 3.05) is 59.3 Å². The minimum atomic E-state index is -0.960. The van der Waals surface area contributed by atoms with Gasteiger partial charge >= 0.3 is 0 Å². The molecule has 0 saturated heterocycles. The third-order valence-corrected chi connectivity index (χ3v) is 6.36. The molecule has 44 heavy (non-hydrogen) atoms. The summed E-state index contributed by atoms with van der Waals surface area (Å²) < 4.78 is 18.0. The smallest absolute Gasteiger partial charge is 0.246 e. The second-order valence-corrected chi connectivity index (χ2v) is 12.4. The quantitative estimate of drug-likeness (QED) is 0.0903. The van der Waals surface area contributed by atoms with Gasteiger partial charge in [-0.05, 0) is 59.3 Å². The first-order valence-electron chi connectivity index (χ1n) is 15.5. The van der Waals surface area contributed by atoms with Crippen LogP contribution in [0.25, 0.3) is 0 Å². The Kier molecular flexibility index (Phi) is 20.9. The average Bonchev–Trinajstić information content (AvgIpc) is 2.94. The van der Waals surface area contributed by atoms with Crippen molar-refractivity contribution in [3.05, 3.63) is 36.5 Å². The lowest BCUT2D eigenvalue weighted by atomic mass is 9.96. The SMILES string of the molecule is C=C(C)C(=O)NCCCCOCC(COCCCCNC(=O)C(=C)C)(COCCCCNC(=O)C(C)(C)C)NC(=O)C(=C)C. The summed E-state index contributed by atoms with van der Waals surface area (Å²) >= 11 is 0. The van der Waals surface area contributed by atoms with Gasteiger partial charge in [-0.2, -0.15) is 0 Å². The van der Waals surface area contributed by atoms with Crippen molar-refractivity contribution in [1.29, 1.82) is 0 Å². The van der Waals surface area contributed by atoms with E-state index in [1.807, 2.05) is 20.8 Å². The van der Waals surface area contributed by atoms with Crippen LogP contribution in [0.3, 0.4) is 0 Å². The summed E-state index contributed by atoms with van der Waals surface area (Å²) in [6.45, 7) is 24.9. The van der Waals surface area contributed by atoms with E-state index in [-0.39, 0.29) is 43.4 Å². The molecule has 0 spiro atoms. The Labute approximate surface area is 265 Å². The molecule has 252 valence electrons. The molecule has 0 aliphatic rings. The number of hydrogen-bond donors (Lipinski definition) is 4. The maximum Gasteiger partial charge on any atom is 0.246 e. The third-order valence-electron chi connectivity index (χ3n) is 6.36. The highest BCUT2D eigenvalue weighted by atomic mass is 16.5. The van der Waals surface area contributed by atoms with Gasteiger partial charge < -0.3 is 35.5 Å². The number of unbranched alkanes of at least 4 members (excludes halogenated alkanes) is 3. The highest BCUT2D eigenvalue weighted by molar-refractivity contribution is 5.93. The fraction of sp³-hybridized carbons (Fsp3) is 0.697. The van der Waals surface area contributed by atoms with Crippen LogP contribution in [-0.2, 0) is 33.4 Å². The van der Waals surface area contributed by atoms with Gasteiger partial charge in [-0.25, -0.2) is 0 Å². The monoisotopic (exact) mass is 622 g/mol. The minimum absolute atomic E-state index is 0.00522. The van der Waals surface area contributed by atoms with Gasteiger partial charge in [-0.3, -0.25) is 19.2 Å². The van der Waals surface area contributed by atoms with E-state index in [1.165, 1.54) is 0 Å². The highest BCUT2D eigenvalue weighted by Crippen LogP contribution is 2.13. The van der Waals surface area contributed by atoms with Crippen LogP contribution in [0.5, 0.6) is 0 Å². The Morgan fingerprint density at radius 2 is 0.886 bits per heavy atom. The molecule has 11 nitrogen and oxygen atoms in total. The topological polar surface area (TPSA) is 144 Å². The van der Waals surface area contributed by atoms with Crippen LogP contribution in [0.1, 0.15) is 80.1 Å². The van der Waals surface area contributed by atoms with Crippen LogP contribution in [0, 0.1) is 5.41 Å². The van der Waals surface area contributed by atoms with Crippen LogP contribution in [0.2, 0.25) is 0 Å². The average molecular weight is 623 g/mol. The molecular weight excluding hydrogens is 564 g/mol. The standard InChI is InChI=1S/C33H58N4O7/c1-25(2)28(38)34-16-10-13-19-42-22-33(37-30(40)27(5)6,23-43-20-14-11-17-35-29(39)26(3)4)24-44-21-15-12-18-36-31(41)32(7,8)9/h1,3,5,10-24H2,2,4,6-9H3,(H,34,38)(H,35,39)(H,36,41)(H,37,40). The maximum atomic E-state index is 12.8. The summed E-state index contributed by atoms with van der Waals surface area (Å²) in [6.07, 6.45) is 4.35. The van der Waals surface area contributed by atoms with Crippen LogP contribution >= 0.6 is 0 Å². The Bertz CT molecular complexity index is 916. The molecule has 0 aliphatic carbocycles. The molecule has 0 bridgehead atoms. The van der Waals surface area contributed by atoms with Crippen molar-refractivity contribution >= 4 is 23.6 Å². The molecule has 0 heterocycles. The van der Waals surface area contributed by atoms with Gasteiger partial charge in [0.1, 0.15) is 5.54 Å². The molecule has 0 rings (SSSR count). The second kappa shape index (κ2) is 22.5. The molecule has 0 radical (unpaired) electrons. The fourth-order valence-electron chi connectivity index (χ4n) is 3.54. The van der Waals surface area contributed by atoms with Crippen molar-refractivity contribution in [3.63, 3.8) is 0 Å². The zero-order valence-electron chi connectivity index (χ0n) is 28.1. The molecule has 0 aromatic rings. The Morgan fingerprint density at radius 1 is 0.545 bits per heavy atom. The van der Waals surface area contributed by atoms with Crippen molar-refractivity contribution in [2.45, 2.75) is 85.6 Å². The van der Waals surface area contributed by atoms with E-state index in [0.29, 0.717) is 69.0 Å². The Balaban J connectivity index is 5.08. The van der Waals surface area contributed by atoms with Gasteiger partial charge in [0.2, 0.25) is 23.6 Å². The van der Waals surface area contributed by atoms with Gasteiger partial charge in [-0.1, -0.05) is 40.5 Å². The van der Waals surface area contributed by atoms with E-state index >= 15 is 0 Å². The summed E-state index contributed by atoms with van der Waals surface area (Å²) in [4.78, 5) is 48.1. The summed E-state index contributed by atoms with van der Waals surface area (Å²) in [5.41, 5.74) is -0.116. The zero-order valence-corrected chi connectivity index (χ0v) is 28.1. The van der Waals surface area contributed by atoms with Gasteiger partial charge in [0.05, 0.1) is 19.8 Å². The van der Waals surface area contributed by atoms with E-state index in [9.17, 15) is 19.2 Å². The lowest BCUT2D eigenvalue weighted by Gasteiger charge is -2.34. The normalized spacial score (nSPS) is 11.4. The predicted molar refractivity (Wildman–Crippen MR) is 174 cm³/mol. The first kappa shape index (κ1) is 41.0. The summed E-state index contributed by atoms with van der Waals surface area (Å²) in [6, 6.07) is 0. The first-order chi connectivity index (χ1) is 20.6. The number of ether oxygens (including phenoxy) is 3. The van der Waals surface area contributed by atoms with Gasteiger partial charge in [0.25, 0.3) is 0 Å². The Hall–Kier alpha value is -3.02. The molecule has 0 fully saturated rings. The van der Waals surface area contributed by atoms with Crippen molar-refractivity contribution < 1.29 is 33.4 Å². The highest BCUT2D eigenvalue weighted by Gasteiger charge is 2.34. The largest absolute Gasteiger partial charge is 0.379 e. The van der Waals surface area contributed by atoms with E-state index in [4.69, 9.17) is 14.2 Å². The van der Waals surface area contributed by atoms with Crippen molar-refractivity contribution in [3.8, 4) is 0 Å². The van der Waals surface area contributed by atoms with Crippen LogP contribution in [0.4, 0.5) is 0 Å². The van der Waals surface area contributed by atoms with Crippen molar-refractivity contribution in [1.82, 2.24) is 21.3 Å². The minimum Gasteiger partial charge on any atom is -0.379 e. The van der Waals surface area contributed by atoms with E-state index in [2.05, 4.69) is 41.0 Å². The molecule has 4 N–H and O–H groups in total. The van der Waals surface area contributed by atoms with E-state index < -0.39 is 11.0 Å². The van der Waals surface area contributed by atoms with Crippen LogP contribution in [0.15, 0.2) is 36.5 Å². The van der Waals surface area contributed by atoms with Crippen molar-refractivity contribution in [2.24, 2.45) is 5.41 Å². The molecule has 0 saturated carbocycles. The van der Waals surface area contributed by atoms with Crippen LogP contribution < -0.4 is 21.3 Å². The zero-order chi connectivity index (χ0) is 33.6. The number of rotatable bonds is 25. The summed E-state index contributed by atoms with van der Waals surface area (Å²) in [7, 11) is 0. The summed E-state index contributed by atoms with van der Waals surface area (Å²) in [5.74, 6) is -0.658.